The molecule has 9 nitrogen and oxygen atoms in total. The normalized spacial score (nSPS) is 25.0. The molecule has 0 N–H and O–H groups in total. The SMILES string of the molecule is CN1CCCN(C[C@@H]2OCCN(C(=O)c3ccon3)[C@H]2c2cnn(C)c2)CC1. The minimum Gasteiger partial charge on any atom is -0.373 e. The standard InChI is InChI=1S/C19H28N6O3/c1-22-5-3-6-24(8-7-22)14-17-18(15-12-20-23(2)13-15)25(9-11-27-17)19(26)16-4-10-28-21-16/h4,10,12-13,17-18H,3,5-9,11,14H2,1-2H3/t17-,18-/m0/s1. The van der Waals surface area contributed by atoms with E-state index in [0.29, 0.717) is 18.8 Å². The van der Waals surface area contributed by atoms with Crippen LogP contribution in [0.4, 0.5) is 0 Å². The molecule has 2 atom stereocenters. The first-order chi connectivity index (χ1) is 13.6. The van der Waals surface area contributed by atoms with Crippen molar-refractivity contribution in [3.63, 3.8) is 0 Å². The van der Waals surface area contributed by atoms with Gasteiger partial charge in [-0.25, -0.2) is 0 Å². The Kier molecular flexibility index (Phi) is 5.74. The molecular weight excluding hydrogens is 360 g/mol. The zero-order chi connectivity index (χ0) is 19.5. The van der Waals surface area contributed by atoms with E-state index in [9.17, 15) is 4.79 Å². The second-order valence-electron chi connectivity index (χ2n) is 7.64. The van der Waals surface area contributed by atoms with Crippen molar-refractivity contribution in [2.24, 2.45) is 7.05 Å². The monoisotopic (exact) mass is 388 g/mol. The quantitative estimate of drug-likeness (QED) is 0.760. The van der Waals surface area contributed by atoms with E-state index in [-0.39, 0.29) is 18.1 Å². The summed E-state index contributed by atoms with van der Waals surface area (Å²) >= 11 is 0. The van der Waals surface area contributed by atoms with Crippen LogP contribution in [0.3, 0.4) is 0 Å². The Bertz CT molecular complexity index is 776. The summed E-state index contributed by atoms with van der Waals surface area (Å²) in [6.45, 7) is 6.03. The van der Waals surface area contributed by atoms with Crippen molar-refractivity contribution in [3.8, 4) is 0 Å². The molecule has 2 saturated heterocycles. The molecule has 4 rings (SSSR count). The molecule has 2 fully saturated rings. The lowest BCUT2D eigenvalue weighted by Gasteiger charge is -2.42. The lowest BCUT2D eigenvalue weighted by molar-refractivity contribution is -0.0725. The Morgan fingerprint density at radius 3 is 2.86 bits per heavy atom. The fourth-order valence-electron chi connectivity index (χ4n) is 4.11. The van der Waals surface area contributed by atoms with Gasteiger partial charge in [0, 0.05) is 51.1 Å². The average molecular weight is 388 g/mol. The lowest BCUT2D eigenvalue weighted by Crippen LogP contribution is -2.52. The molecule has 0 bridgehead atoms. The van der Waals surface area contributed by atoms with E-state index in [1.807, 2.05) is 24.3 Å². The van der Waals surface area contributed by atoms with E-state index in [4.69, 9.17) is 9.26 Å². The molecule has 2 aliphatic heterocycles. The summed E-state index contributed by atoms with van der Waals surface area (Å²) in [6, 6.07) is 1.41. The molecule has 2 aromatic rings. The van der Waals surface area contributed by atoms with Crippen molar-refractivity contribution >= 4 is 5.91 Å². The average Bonchev–Trinajstić information content (AvgIpc) is 3.33. The van der Waals surface area contributed by atoms with E-state index in [0.717, 1.165) is 44.7 Å². The number of amides is 1. The van der Waals surface area contributed by atoms with Crippen molar-refractivity contribution in [1.29, 1.82) is 0 Å². The van der Waals surface area contributed by atoms with Crippen molar-refractivity contribution < 1.29 is 14.1 Å². The molecule has 1 amide bonds. The summed E-state index contributed by atoms with van der Waals surface area (Å²) in [4.78, 5) is 19.7. The number of likely N-dealkylation sites (N-methyl/N-ethyl adjacent to an activating group) is 1. The smallest absolute Gasteiger partial charge is 0.276 e. The van der Waals surface area contributed by atoms with Crippen LogP contribution in [-0.4, -0.2) is 94.6 Å². The fraction of sp³-hybridized carbons (Fsp3) is 0.632. The molecule has 0 aliphatic carbocycles. The first kappa shape index (κ1) is 19.1. The minimum atomic E-state index is -0.201. The van der Waals surface area contributed by atoms with Gasteiger partial charge in [-0.3, -0.25) is 14.4 Å². The zero-order valence-corrected chi connectivity index (χ0v) is 16.5. The number of hydrogen-bond donors (Lipinski definition) is 0. The summed E-state index contributed by atoms with van der Waals surface area (Å²) in [5.74, 6) is -0.133. The molecule has 9 heteroatoms. The second-order valence-corrected chi connectivity index (χ2v) is 7.64. The van der Waals surface area contributed by atoms with Gasteiger partial charge in [0.15, 0.2) is 5.69 Å². The maximum atomic E-state index is 13.1. The molecule has 152 valence electrons. The van der Waals surface area contributed by atoms with Gasteiger partial charge in [-0.1, -0.05) is 5.16 Å². The van der Waals surface area contributed by atoms with Crippen LogP contribution in [0.1, 0.15) is 28.5 Å². The number of morpholine rings is 1. The van der Waals surface area contributed by atoms with Gasteiger partial charge >= 0.3 is 0 Å². The molecule has 0 saturated carbocycles. The van der Waals surface area contributed by atoms with Crippen LogP contribution in [0.5, 0.6) is 0 Å². The Morgan fingerprint density at radius 2 is 2.11 bits per heavy atom. The number of ether oxygens (including phenoxy) is 1. The predicted octanol–water partition coefficient (Wildman–Crippen LogP) is 0.628. The van der Waals surface area contributed by atoms with E-state index >= 15 is 0 Å². The summed E-state index contributed by atoms with van der Waals surface area (Å²) in [7, 11) is 4.05. The largest absolute Gasteiger partial charge is 0.373 e. The summed E-state index contributed by atoms with van der Waals surface area (Å²) in [6.07, 6.45) is 6.25. The van der Waals surface area contributed by atoms with Gasteiger partial charge in [-0.05, 0) is 26.6 Å². The van der Waals surface area contributed by atoms with E-state index in [1.54, 1.807) is 10.7 Å². The molecule has 0 unspecified atom stereocenters. The van der Waals surface area contributed by atoms with Gasteiger partial charge in [-0.15, -0.1) is 0 Å². The van der Waals surface area contributed by atoms with Crippen molar-refractivity contribution in [2.75, 3.05) is 52.9 Å². The molecule has 0 radical (unpaired) electrons. The number of carbonyl (C=O) groups is 1. The predicted molar refractivity (Wildman–Crippen MR) is 102 cm³/mol. The number of carbonyl (C=O) groups excluding carboxylic acids is 1. The highest BCUT2D eigenvalue weighted by Gasteiger charge is 2.39. The van der Waals surface area contributed by atoms with Crippen LogP contribution in [0.15, 0.2) is 29.2 Å². The second kappa shape index (κ2) is 8.42. The van der Waals surface area contributed by atoms with Crippen molar-refractivity contribution in [1.82, 2.24) is 29.6 Å². The number of hydrogen-bond acceptors (Lipinski definition) is 7. The van der Waals surface area contributed by atoms with Gasteiger partial charge in [0.05, 0.1) is 24.9 Å². The molecule has 0 spiro atoms. The van der Waals surface area contributed by atoms with Gasteiger partial charge in [0.25, 0.3) is 5.91 Å². The number of aromatic nitrogens is 3. The van der Waals surface area contributed by atoms with Crippen molar-refractivity contribution in [2.45, 2.75) is 18.6 Å². The third-order valence-electron chi connectivity index (χ3n) is 5.59. The highest BCUT2D eigenvalue weighted by molar-refractivity contribution is 5.92. The first-order valence-electron chi connectivity index (χ1n) is 9.84. The van der Waals surface area contributed by atoms with E-state index in [1.165, 1.54) is 6.26 Å². The Morgan fingerprint density at radius 1 is 1.21 bits per heavy atom. The third-order valence-corrected chi connectivity index (χ3v) is 5.59. The molecular formula is C19H28N6O3. The van der Waals surface area contributed by atoms with Crippen molar-refractivity contribution in [3.05, 3.63) is 36.0 Å². The highest BCUT2D eigenvalue weighted by atomic mass is 16.5. The fourth-order valence-corrected chi connectivity index (χ4v) is 4.11. The van der Waals surface area contributed by atoms with Crippen LogP contribution < -0.4 is 0 Å². The van der Waals surface area contributed by atoms with Gasteiger partial charge in [0.2, 0.25) is 0 Å². The molecule has 0 aromatic carbocycles. The van der Waals surface area contributed by atoms with Gasteiger partial charge in [0.1, 0.15) is 6.26 Å². The van der Waals surface area contributed by atoms with Gasteiger partial charge in [-0.2, -0.15) is 5.10 Å². The van der Waals surface area contributed by atoms with Crippen LogP contribution in [0.25, 0.3) is 0 Å². The Labute approximate surface area is 164 Å². The topological polar surface area (TPSA) is 79.9 Å². The lowest BCUT2D eigenvalue weighted by atomic mass is 9.99. The Hall–Kier alpha value is -2.23. The summed E-state index contributed by atoms with van der Waals surface area (Å²) in [5, 5.41) is 8.17. The van der Waals surface area contributed by atoms with E-state index < -0.39 is 0 Å². The number of aryl methyl sites for hydroxylation is 1. The third kappa shape index (κ3) is 4.11. The molecule has 4 heterocycles. The number of rotatable bonds is 4. The summed E-state index contributed by atoms with van der Waals surface area (Å²) in [5.41, 5.74) is 1.31. The highest BCUT2D eigenvalue weighted by Crippen LogP contribution is 2.31. The molecule has 2 aromatic heterocycles. The number of nitrogens with zero attached hydrogens (tertiary/aromatic N) is 6. The van der Waals surface area contributed by atoms with E-state index in [2.05, 4.69) is 27.1 Å². The molecule has 2 aliphatic rings. The Balaban J connectivity index is 1.57. The maximum absolute atomic E-state index is 13.1. The van der Waals surface area contributed by atoms with Crippen LogP contribution >= 0.6 is 0 Å². The van der Waals surface area contributed by atoms with Crippen LogP contribution in [-0.2, 0) is 11.8 Å². The van der Waals surface area contributed by atoms with Gasteiger partial charge < -0.3 is 19.1 Å². The molecule has 28 heavy (non-hydrogen) atoms. The summed E-state index contributed by atoms with van der Waals surface area (Å²) < 4.78 is 12.8. The minimum absolute atomic E-state index is 0.114. The first-order valence-corrected chi connectivity index (χ1v) is 9.84. The van der Waals surface area contributed by atoms with Crippen LogP contribution in [0, 0.1) is 0 Å². The zero-order valence-electron chi connectivity index (χ0n) is 16.5. The van der Waals surface area contributed by atoms with Crippen LogP contribution in [0.2, 0.25) is 0 Å². The maximum Gasteiger partial charge on any atom is 0.276 e.